The molecular formula is C25H27FN4O2. The van der Waals surface area contributed by atoms with Gasteiger partial charge in [0.15, 0.2) is 0 Å². The monoisotopic (exact) mass is 434 g/mol. The van der Waals surface area contributed by atoms with Crippen LogP contribution in [0.2, 0.25) is 0 Å². The Hall–Kier alpha value is -3.48. The number of aromatic nitrogens is 2. The minimum Gasteiger partial charge on any atom is -0.352 e. The van der Waals surface area contributed by atoms with Crippen molar-refractivity contribution in [3.05, 3.63) is 89.8 Å². The molecule has 4 rings (SSSR count). The highest BCUT2D eigenvalue weighted by Gasteiger charge is 2.28. The molecule has 166 valence electrons. The third-order valence-electron chi connectivity index (χ3n) is 5.90. The fourth-order valence-electron chi connectivity index (χ4n) is 4.09. The fraction of sp³-hybridized carbons (Fsp3) is 0.320. The standard InChI is InChI=1S/C25H27FN4O2/c26-23-9-7-19(8-10-23)14-24(31)30-12-3-6-22(17-30)25(32)28-15-20-4-1-2-5-21(20)16-29-13-11-27-18-29/h1-2,4-5,7-11,13,18,22H,3,6,12,14-17H2,(H,28,32). The number of benzene rings is 2. The van der Waals surface area contributed by atoms with E-state index < -0.39 is 0 Å². The summed E-state index contributed by atoms with van der Waals surface area (Å²) in [5.41, 5.74) is 2.97. The first-order chi connectivity index (χ1) is 15.6. The van der Waals surface area contributed by atoms with E-state index in [0.717, 1.165) is 29.5 Å². The molecule has 0 bridgehead atoms. The molecule has 2 aromatic carbocycles. The number of rotatable bonds is 7. The molecule has 32 heavy (non-hydrogen) atoms. The van der Waals surface area contributed by atoms with Crippen LogP contribution < -0.4 is 5.32 Å². The average molecular weight is 435 g/mol. The van der Waals surface area contributed by atoms with E-state index >= 15 is 0 Å². The van der Waals surface area contributed by atoms with Gasteiger partial charge in [-0.2, -0.15) is 0 Å². The maximum absolute atomic E-state index is 13.1. The fourth-order valence-corrected chi connectivity index (χ4v) is 4.09. The molecule has 1 aliphatic heterocycles. The highest BCUT2D eigenvalue weighted by molar-refractivity contribution is 5.82. The van der Waals surface area contributed by atoms with Gasteiger partial charge in [0.25, 0.3) is 0 Å². The summed E-state index contributed by atoms with van der Waals surface area (Å²) in [6, 6.07) is 14.0. The van der Waals surface area contributed by atoms with Gasteiger partial charge in [-0.3, -0.25) is 9.59 Å². The molecule has 1 atom stereocenters. The molecule has 3 aromatic rings. The highest BCUT2D eigenvalue weighted by atomic mass is 19.1. The number of hydrogen-bond acceptors (Lipinski definition) is 3. The largest absolute Gasteiger partial charge is 0.352 e. The lowest BCUT2D eigenvalue weighted by Crippen LogP contribution is -2.45. The van der Waals surface area contributed by atoms with Gasteiger partial charge in [-0.15, -0.1) is 0 Å². The topological polar surface area (TPSA) is 67.2 Å². The number of halogens is 1. The number of piperidine rings is 1. The van der Waals surface area contributed by atoms with E-state index in [4.69, 9.17) is 0 Å². The summed E-state index contributed by atoms with van der Waals surface area (Å²) in [5.74, 6) is -0.592. The summed E-state index contributed by atoms with van der Waals surface area (Å²) in [7, 11) is 0. The van der Waals surface area contributed by atoms with Crippen molar-refractivity contribution in [1.29, 1.82) is 0 Å². The van der Waals surface area contributed by atoms with E-state index in [1.807, 2.05) is 29.0 Å². The Labute approximate surface area is 187 Å². The third-order valence-corrected chi connectivity index (χ3v) is 5.90. The van der Waals surface area contributed by atoms with Gasteiger partial charge in [-0.1, -0.05) is 36.4 Å². The second-order valence-corrected chi connectivity index (χ2v) is 8.20. The van der Waals surface area contributed by atoms with Gasteiger partial charge >= 0.3 is 0 Å². The Balaban J connectivity index is 1.32. The molecular weight excluding hydrogens is 407 g/mol. The zero-order valence-electron chi connectivity index (χ0n) is 17.9. The van der Waals surface area contributed by atoms with E-state index in [-0.39, 0.29) is 30.0 Å². The SMILES string of the molecule is O=C(NCc1ccccc1Cn1ccnc1)C1CCCN(C(=O)Cc2ccc(F)cc2)C1. The maximum atomic E-state index is 13.1. The predicted octanol–water partition coefficient (Wildman–Crippen LogP) is 3.17. The normalized spacial score (nSPS) is 16.0. The van der Waals surface area contributed by atoms with Gasteiger partial charge < -0.3 is 14.8 Å². The zero-order chi connectivity index (χ0) is 22.3. The van der Waals surface area contributed by atoms with E-state index in [9.17, 15) is 14.0 Å². The molecule has 0 aliphatic carbocycles. The minimum absolute atomic E-state index is 0.0262. The quantitative estimate of drug-likeness (QED) is 0.621. The lowest BCUT2D eigenvalue weighted by molar-refractivity contribution is -0.135. The number of imidazole rings is 1. The van der Waals surface area contributed by atoms with Crippen LogP contribution in [0.15, 0.2) is 67.3 Å². The molecule has 0 spiro atoms. The molecule has 1 aliphatic rings. The number of carbonyl (C=O) groups excluding carboxylic acids is 2. The Morgan fingerprint density at radius 1 is 1.09 bits per heavy atom. The molecule has 1 aromatic heterocycles. The summed E-state index contributed by atoms with van der Waals surface area (Å²) in [6.07, 6.45) is 7.21. The van der Waals surface area contributed by atoms with Crippen molar-refractivity contribution in [2.45, 2.75) is 32.4 Å². The smallest absolute Gasteiger partial charge is 0.227 e. The van der Waals surface area contributed by atoms with E-state index in [0.29, 0.717) is 26.2 Å². The lowest BCUT2D eigenvalue weighted by Gasteiger charge is -2.32. The van der Waals surface area contributed by atoms with Crippen molar-refractivity contribution >= 4 is 11.8 Å². The number of likely N-dealkylation sites (tertiary alicyclic amines) is 1. The van der Waals surface area contributed by atoms with Gasteiger partial charge in [0.1, 0.15) is 5.82 Å². The Morgan fingerprint density at radius 2 is 1.88 bits per heavy atom. The average Bonchev–Trinajstić information content (AvgIpc) is 3.33. The van der Waals surface area contributed by atoms with Crippen LogP contribution in [0.1, 0.15) is 29.5 Å². The predicted molar refractivity (Wildman–Crippen MR) is 119 cm³/mol. The molecule has 7 heteroatoms. The molecule has 1 fully saturated rings. The Bertz CT molecular complexity index is 1050. The lowest BCUT2D eigenvalue weighted by atomic mass is 9.96. The minimum atomic E-state index is -0.317. The van der Waals surface area contributed by atoms with Crippen molar-refractivity contribution in [1.82, 2.24) is 19.8 Å². The van der Waals surface area contributed by atoms with Crippen LogP contribution in [-0.2, 0) is 29.1 Å². The van der Waals surface area contributed by atoms with Crippen LogP contribution in [0.3, 0.4) is 0 Å². The van der Waals surface area contributed by atoms with Gasteiger partial charge in [0.2, 0.25) is 11.8 Å². The Kier molecular flexibility index (Phi) is 6.94. The van der Waals surface area contributed by atoms with Gasteiger partial charge in [0.05, 0.1) is 18.7 Å². The maximum Gasteiger partial charge on any atom is 0.227 e. The van der Waals surface area contributed by atoms with Crippen LogP contribution in [0, 0.1) is 11.7 Å². The first kappa shape index (κ1) is 21.7. The van der Waals surface area contributed by atoms with Crippen LogP contribution in [-0.4, -0.2) is 39.4 Å². The summed E-state index contributed by atoms with van der Waals surface area (Å²) in [6.45, 7) is 2.21. The van der Waals surface area contributed by atoms with Crippen LogP contribution in [0.5, 0.6) is 0 Å². The van der Waals surface area contributed by atoms with Gasteiger partial charge in [0, 0.05) is 38.6 Å². The van der Waals surface area contributed by atoms with Crippen LogP contribution in [0.4, 0.5) is 4.39 Å². The molecule has 2 heterocycles. The molecule has 0 saturated carbocycles. The Morgan fingerprint density at radius 3 is 2.62 bits per heavy atom. The highest BCUT2D eigenvalue weighted by Crippen LogP contribution is 2.19. The third kappa shape index (κ3) is 5.60. The van der Waals surface area contributed by atoms with Crippen LogP contribution >= 0.6 is 0 Å². The summed E-state index contributed by atoms with van der Waals surface area (Å²) in [5, 5.41) is 3.06. The summed E-state index contributed by atoms with van der Waals surface area (Å²) < 4.78 is 15.1. The van der Waals surface area contributed by atoms with Gasteiger partial charge in [-0.25, -0.2) is 9.37 Å². The molecule has 2 amide bonds. The van der Waals surface area contributed by atoms with E-state index in [1.54, 1.807) is 29.6 Å². The summed E-state index contributed by atoms with van der Waals surface area (Å²) >= 11 is 0. The molecule has 6 nitrogen and oxygen atoms in total. The van der Waals surface area contributed by atoms with Crippen molar-refractivity contribution in [3.63, 3.8) is 0 Å². The van der Waals surface area contributed by atoms with Crippen molar-refractivity contribution in [2.24, 2.45) is 5.92 Å². The van der Waals surface area contributed by atoms with E-state index in [2.05, 4.69) is 16.4 Å². The van der Waals surface area contributed by atoms with Crippen molar-refractivity contribution < 1.29 is 14.0 Å². The number of carbonyl (C=O) groups is 2. The van der Waals surface area contributed by atoms with E-state index in [1.165, 1.54) is 12.1 Å². The summed E-state index contributed by atoms with van der Waals surface area (Å²) in [4.78, 5) is 31.4. The number of nitrogens with zero attached hydrogens (tertiary/aromatic N) is 3. The number of nitrogens with one attached hydrogen (secondary N) is 1. The molecule has 1 saturated heterocycles. The van der Waals surface area contributed by atoms with Gasteiger partial charge in [-0.05, 0) is 41.7 Å². The first-order valence-corrected chi connectivity index (χ1v) is 10.9. The second-order valence-electron chi connectivity index (χ2n) is 8.20. The van der Waals surface area contributed by atoms with Crippen molar-refractivity contribution in [2.75, 3.05) is 13.1 Å². The first-order valence-electron chi connectivity index (χ1n) is 10.9. The zero-order valence-corrected chi connectivity index (χ0v) is 17.9. The van der Waals surface area contributed by atoms with Crippen molar-refractivity contribution in [3.8, 4) is 0 Å². The number of amides is 2. The van der Waals surface area contributed by atoms with Crippen LogP contribution in [0.25, 0.3) is 0 Å². The number of hydrogen-bond donors (Lipinski definition) is 1. The molecule has 1 N–H and O–H groups in total. The molecule has 0 radical (unpaired) electrons. The second kappa shape index (κ2) is 10.2. The molecule has 1 unspecified atom stereocenters.